The smallest absolute Gasteiger partial charge is 0.406 e. The third kappa shape index (κ3) is 3.69. The Morgan fingerprint density at radius 2 is 1.76 bits per heavy atom. The second-order valence-corrected chi connectivity index (χ2v) is 3.25. The zero-order valence-corrected chi connectivity index (χ0v) is 9.85. The largest absolute Gasteiger partial charge is 0.573 e. The van der Waals surface area contributed by atoms with Crippen LogP contribution in [0.5, 0.6) is 5.75 Å². The zero-order chi connectivity index (χ0) is 13.1. The lowest BCUT2D eigenvalue weighted by Gasteiger charge is -2.08. The minimum atomic E-state index is -4.64. The molecule has 0 saturated heterocycles. The van der Waals surface area contributed by atoms with Gasteiger partial charge in [0.1, 0.15) is 5.75 Å². The van der Waals surface area contributed by atoms with Gasteiger partial charge in [0.25, 0.3) is 0 Å². The van der Waals surface area contributed by atoms with Gasteiger partial charge in [0.15, 0.2) is 0 Å². The number of ether oxygens (including phenoxy) is 1. The number of fused-ring (bicyclic) bond motifs is 1. The molecule has 0 bridgehead atoms. The van der Waals surface area contributed by atoms with Crippen LogP contribution in [0.2, 0.25) is 0 Å². The Balaban J connectivity index is 0.000000686. The molecule has 0 aliphatic carbocycles. The van der Waals surface area contributed by atoms with Crippen LogP contribution in [0.15, 0.2) is 24.3 Å². The van der Waals surface area contributed by atoms with Crippen molar-refractivity contribution in [3.63, 3.8) is 0 Å². The van der Waals surface area contributed by atoms with E-state index in [9.17, 15) is 13.2 Å². The molecule has 5 heteroatoms. The highest BCUT2D eigenvalue weighted by molar-refractivity contribution is 5.81. The van der Waals surface area contributed by atoms with E-state index in [1.807, 2.05) is 20.8 Å². The Bertz CT molecular complexity index is 488. The number of halogens is 3. The maximum Gasteiger partial charge on any atom is 0.573 e. The molecule has 1 aromatic heterocycles. The third-order valence-electron chi connectivity index (χ3n) is 1.96. The van der Waals surface area contributed by atoms with Gasteiger partial charge in [-0.15, -0.1) is 13.2 Å². The molecule has 1 N–H and O–H groups in total. The molecule has 0 spiro atoms. The summed E-state index contributed by atoms with van der Waals surface area (Å²) in [5.74, 6) is -0.200. The summed E-state index contributed by atoms with van der Waals surface area (Å²) in [7, 11) is 0. The normalized spacial score (nSPS) is 10.9. The molecular weight excluding hydrogens is 231 g/mol. The van der Waals surface area contributed by atoms with Crippen molar-refractivity contribution in [1.82, 2.24) is 4.98 Å². The number of rotatable bonds is 1. The fourth-order valence-electron chi connectivity index (χ4n) is 1.45. The van der Waals surface area contributed by atoms with E-state index < -0.39 is 6.36 Å². The SMILES string of the molecule is CC.Cc1cc2cc(OC(F)(F)F)ccc2[nH]1. The summed E-state index contributed by atoms with van der Waals surface area (Å²) in [5.41, 5.74) is 1.69. The fraction of sp³-hybridized carbons (Fsp3) is 0.333. The topological polar surface area (TPSA) is 25.0 Å². The molecule has 0 radical (unpaired) electrons. The first-order valence-electron chi connectivity index (χ1n) is 5.29. The van der Waals surface area contributed by atoms with E-state index in [1.54, 1.807) is 12.1 Å². The standard InChI is InChI=1S/C10H8F3NO.C2H6/c1-6-4-7-5-8(15-10(11,12)13)2-3-9(7)14-6;1-2/h2-5,14H,1H3;1-2H3. The Hall–Kier alpha value is -1.65. The van der Waals surface area contributed by atoms with Crippen molar-refractivity contribution in [2.24, 2.45) is 0 Å². The van der Waals surface area contributed by atoms with Crippen LogP contribution in [-0.4, -0.2) is 11.3 Å². The minimum Gasteiger partial charge on any atom is -0.406 e. The van der Waals surface area contributed by atoms with E-state index in [2.05, 4.69) is 9.72 Å². The van der Waals surface area contributed by atoms with E-state index >= 15 is 0 Å². The highest BCUT2D eigenvalue weighted by Gasteiger charge is 2.31. The predicted molar refractivity (Wildman–Crippen MR) is 61.1 cm³/mol. The number of hydrogen-bond donors (Lipinski definition) is 1. The molecule has 0 saturated carbocycles. The molecule has 17 heavy (non-hydrogen) atoms. The van der Waals surface area contributed by atoms with Crippen LogP contribution in [-0.2, 0) is 0 Å². The number of aromatic nitrogens is 1. The van der Waals surface area contributed by atoms with E-state index in [-0.39, 0.29) is 5.75 Å². The number of benzene rings is 1. The van der Waals surface area contributed by atoms with Crippen molar-refractivity contribution in [2.75, 3.05) is 0 Å². The molecule has 94 valence electrons. The zero-order valence-electron chi connectivity index (χ0n) is 9.85. The summed E-state index contributed by atoms with van der Waals surface area (Å²) in [6.45, 7) is 5.84. The Kier molecular flexibility index (Phi) is 4.04. The molecule has 1 heterocycles. The Labute approximate surface area is 97.4 Å². The summed E-state index contributed by atoms with van der Waals surface area (Å²) in [6.07, 6.45) is -4.64. The second kappa shape index (κ2) is 5.12. The Morgan fingerprint density at radius 1 is 1.12 bits per heavy atom. The maximum absolute atomic E-state index is 11.9. The van der Waals surface area contributed by atoms with Gasteiger partial charge in [-0.25, -0.2) is 0 Å². The fourth-order valence-corrected chi connectivity index (χ4v) is 1.45. The molecule has 0 fully saturated rings. The lowest BCUT2D eigenvalue weighted by molar-refractivity contribution is -0.274. The molecule has 0 aliphatic heterocycles. The van der Waals surface area contributed by atoms with Crippen LogP contribution in [0.25, 0.3) is 10.9 Å². The maximum atomic E-state index is 11.9. The van der Waals surface area contributed by atoms with Crippen LogP contribution in [0.4, 0.5) is 13.2 Å². The molecule has 0 amide bonds. The summed E-state index contributed by atoms with van der Waals surface area (Å²) in [6, 6.07) is 5.96. The van der Waals surface area contributed by atoms with E-state index in [0.717, 1.165) is 11.2 Å². The van der Waals surface area contributed by atoms with E-state index in [1.165, 1.54) is 12.1 Å². The van der Waals surface area contributed by atoms with Crippen molar-refractivity contribution in [2.45, 2.75) is 27.1 Å². The molecule has 0 aliphatic rings. The number of aryl methyl sites for hydroxylation is 1. The monoisotopic (exact) mass is 245 g/mol. The van der Waals surface area contributed by atoms with Gasteiger partial charge in [0.2, 0.25) is 0 Å². The van der Waals surface area contributed by atoms with Gasteiger partial charge in [-0.2, -0.15) is 0 Å². The van der Waals surface area contributed by atoms with Crippen LogP contribution in [0.1, 0.15) is 19.5 Å². The first-order chi connectivity index (χ1) is 7.94. The minimum absolute atomic E-state index is 0.200. The third-order valence-corrected chi connectivity index (χ3v) is 1.96. The lowest BCUT2D eigenvalue weighted by Crippen LogP contribution is -2.16. The second-order valence-electron chi connectivity index (χ2n) is 3.25. The quantitative estimate of drug-likeness (QED) is 0.791. The lowest BCUT2D eigenvalue weighted by atomic mass is 10.2. The van der Waals surface area contributed by atoms with Gasteiger partial charge in [-0.1, -0.05) is 13.8 Å². The van der Waals surface area contributed by atoms with Crippen LogP contribution >= 0.6 is 0 Å². The predicted octanol–water partition coefficient (Wildman–Crippen LogP) is 4.40. The van der Waals surface area contributed by atoms with Crippen molar-refractivity contribution >= 4 is 10.9 Å². The van der Waals surface area contributed by atoms with Gasteiger partial charge in [0.05, 0.1) is 0 Å². The van der Waals surface area contributed by atoms with Crippen LogP contribution in [0.3, 0.4) is 0 Å². The van der Waals surface area contributed by atoms with Gasteiger partial charge >= 0.3 is 6.36 Å². The van der Waals surface area contributed by atoms with Crippen molar-refractivity contribution in [1.29, 1.82) is 0 Å². The van der Waals surface area contributed by atoms with E-state index in [0.29, 0.717) is 5.39 Å². The molecule has 2 nitrogen and oxygen atoms in total. The summed E-state index contributed by atoms with van der Waals surface area (Å²) in [4.78, 5) is 3.01. The molecule has 1 aromatic carbocycles. The molecule has 0 unspecified atom stereocenters. The average molecular weight is 245 g/mol. The molecule has 2 rings (SSSR count). The number of H-pyrrole nitrogens is 1. The summed E-state index contributed by atoms with van der Waals surface area (Å²) >= 11 is 0. The van der Waals surface area contributed by atoms with Crippen LogP contribution < -0.4 is 4.74 Å². The molecule has 0 atom stereocenters. The number of alkyl halides is 3. The van der Waals surface area contributed by atoms with Crippen LogP contribution in [0, 0.1) is 6.92 Å². The number of nitrogens with one attached hydrogen (secondary N) is 1. The molecule has 2 aromatic rings. The molecular formula is C12H14F3NO. The summed E-state index contributed by atoms with van der Waals surface area (Å²) < 4.78 is 39.6. The average Bonchev–Trinajstić information content (AvgIpc) is 2.58. The van der Waals surface area contributed by atoms with Crippen molar-refractivity contribution in [3.05, 3.63) is 30.0 Å². The van der Waals surface area contributed by atoms with Gasteiger partial charge in [-0.05, 0) is 31.2 Å². The van der Waals surface area contributed by atoms with Gasteiger partial charge in [-0.3, -0.25) is 0 Å². The highest BCUT2D eigenvalue weighted by atomic mass is 19.4. The highest BCUT2D eigenvalue weighted by Crippen LogP contribution is 2.26. The number of hydrogen-bond acceptors (Lipinski definition) is 1. The Morgan fingerprint density at radius 3 is 2.35 bits per heavy atom. The summed E-state index contributed by atoms with van der Waals surface area (Å²) in [5, 5.41) is 0.703. The first kappa shape index (κ1) is 13.4. The van der Waals surface area contributed by atoms with Gasteiger partial charge < -0.3 is 9.72 Å². The van der Waals surface area contributed by atoms with Crippen molar-refractivity contribution < 1.29 is 17.9 Å². The number of aromatic amines is 1. The van der Waals surface area contributed by atoms with E-state index in [4.69, 9.17) is 0 Å². The first-order valence-corrected chi connectivity index (χ1v) is 5.29. The van der Waals surface area contributed by atoms with Gasteiger partial charge in [0, 0.05) is 16.6 Å². The van der Waals surface area contributed by atoms with Crippen molar-refractivity contribution in [3.8, 4) is 5.75 Å².